The fraction of sp³-hybridized carbons (Fsp3) is 0.227. The zero-order chi connectivity index (χ0) is 21.7. The van der Waals surface area contributed by atoms with Crippen molar-refractivity contribution in [2.24, 2.45) is 0 Å². The Morgan fingerprint density at radius 2 is 1.90 bits per heavy atom. The first kappa shape index (κ1) is 21.4. The average Bonchev–Trinajstić information content (AvgIpc) is 2.98. The van der Waals surface area contributed by atoms with Gasteiger partial charge in [0.25, 0.3) is 11.1 Å². The highest BCUT2D eigenvalue weighted by Gasteiger charge is 2.36. The first-order valence-corrected chi connectivity index (χ1v) is 10.2. The van der Waals surface area contributed by atoms with E-state index >= 15 is 0 Å². The number of nitrogens with zero attached hydrogens (tertiary/aromatic N) is 1. The highest BCUT2D eigenvalue weighted by atomic mass is 32.2. The molecule has 0 saturated carbocycles. The van der Waals surface area contributed by atoms with Crippen LogP contribution in [0.25, 0.3) is 6.08 Å². The van der Waals surface area contributed by atoms with E-state index < -0.39 is 17.1 Å². The largest absolute Gasteiger partial charge is 0.496 e. The minimum atomic E-state index is -0.494. The standard InChI is InChI=1S/C22H22N2O5S/c1-4-29-17-9-7-16(8-10-17)23-20(25)13-24-21(26)19(30-22(24)27)12-15-6-5-14(2)18(11-15)28-3/h5-12H,4,13H2,1-3H3,(H,23,25)/b19-12+. The summed E-state index contributed by atoms with van der Waals surface area (Å²) < 4.78 is 10.6. The van der Waals surface area contributed by atoms with Crippen molar-refractivity contribution in [2.45, 2.75) is 13.8 Å². The first-order valence-electron chi connectivity index (χ1n) is 9.34. The molecule has 3 amide bonds. The Hall–Kier alpha value is -3.26. The number of benzene rings is 2. The van der Waals surface area contributed by atoms with Crippen LogP contribution in [-0.2, 0) is 9.59 Å². The van der Waals surface area contributed by atoms with Crippen molar-refractivity contribution in [1.29, 1.82) is 0 Å². The number of methoxy groups -OCH3 is 1. The lowest BCUT2D eigenvalue weighted by molar-refractivity contribution is -0.127. The van der Waals surface area contributed by atoms with E-state index in [0.29, 0.717) is 23.8 Å². The fourth-order valence-corrected chi connectivity index (χ4v) is 3.70. The fourth-order valence-electron chi connectivity index (χ4n) is 2.86. The molecule has 0 radical (unpaired) electrons. The second-order valence-corrected chi connectivity index (χ2v) is 7.50. The summed E-state index contributed by atoms with van der Waals surface area (Å²) in [5.41, 5.74) is 2.26. The van der Waals surface area contributed by atoms with Crippen LogP contribution in [0.5, 0.6) is 11.5 Å². The van der Waals surface area contributed by atoms with Crippen LogP contribution in [0.2, 0.25) is 0 Å². The minimum absolute atomic E-state index is 0.264. The maximum atomic E-state index is 12.6. The summed E-state index contributed by atoms with van der Waals surface area (Å²) in [6, 6.07) is 12.4. The molecule has 0 atom stereocenters. The maximum absolute atomic E-state index is 12.6. The average molecular weight is 426 g/mol. The van der Waals surface area contributed by atoms with Crippen LogP contribution in [0, 0.1) is 6.92 Å². The van der Waals surface area contributed by atoms with Crippen LogP contribution in [0.15, 0.2) is 47.4 Å². The second kappa shape index (κ2) is 9.49. The molecule has 3 rings (SSSR count). The van der Waals surface area contributed by atoms with Crippen LogP contribution in [-0.4, -0.2) is 42.2 Å². The van der Waals surface area contributed by atoms with E-state index in [4.69, 9.17) is 9.47 Å². The summed E-state index contributed by atoms with van der Waals surface area (Å²) in [5.74, 6) is 0.433. The molecule has 0 spiro atoms. The van der Waals surface area contributed by atoms with Crippen LogP contribution in [0.4, 0.5) is 10.5 Å². The molecule has 30 heavy (non-hydrogen) atoms. The number of nitrogens with one attached hydrogen (secondary N) is 1. The molecule has 1 aliphatic rings. The number of imide groups is 1. The van der Waals surface area contributed by atoms with Crippen molar-refractivity contribution in [3.8, 4) is 11.5 Å². The summed E-state index contributed by atoms with van der Waals surface area (Å²) in [6.45, 7) is 4.00. The van der Waals surface area contributed by atoms with Crippen molar-refractivity contribution in [3.05, 3.63) is 58.5 Å². The number of carbonyl (C=O) groups is 3. The number of ether oxygens (including phenoxy) is 2. The van der Waals surface area contributed by atoms with E-state index in [2.05, 4.69) is 5.32 Å². The van der Waals surface area contributed by atoms with Crippen molar-refractivity contribution >= 4 is 40.6 Å². The third-order valence-electron chi connectivity index (χ3n) is 4.35. The normalized spacial score (nSPS) is 14.9. The van der Waals surface area contributed by atoms with Gasteiger partial charge in [-0.25, -0.2) is 0 Å². The molecule has 1 aliphatic heterocycles. The molecule has 156 valence electrons. The Kier molecular flexibility index (Phi) is 6.79. The van der Waals surface area contributed by atoms with Crippen LogP contribution >= 0.6 is 11.8 Å². The van der Waals surface area contributed by atoms with Gasteiger partial charge in [0.2, 0.25) is 5.91 Å². The Morgan fingerprint density at radius 3 is 2.57 bits per heavy atom. The number of carbonyl (C=O) groups excluding carboxylic acids is 3. The molecule has 7 nitrogen and oxygen atoms in total. The van der Waals surface area contributed by atoms with Gasteiger partial charge < -0.3 is 14.8 Å². The number of hydrogen-bond donors (Lipinski definition) is 1. The number of rotatable bonds is 7. The maximum Gasteiger partial charge on any atom is 0.294 e. The van der Waals surface area contributed by atoms with Gasteiger partial charge in [-0.1, -0.05) is 12.1 Å². The molecular weight excluding hydrogens is 404 g/mol. The molecule has 0 aromatic heterocycles. The summed E-state index contributed by atoms with van der Waals surface area (Å²) in [7, 11) is 1.57. The van der Waals surface area contributed by atoms with Crippen LogP contribution in [0.1, 0.15) is 18.1 Å². The van der Waals surface area contributed by atoms with E-state index in [9.17, 15) is 14.4 Å². The third kappa shape index (κ3) is 5.01. The zero-order valence-electron chi connectivity index (χ0n) is 16.9. The van der Waals surface area contributed by atoms with E-state index in [-0.39, 0.29) is 11.4 Å². The van der Waals surface area contributed by atoms with E-state index in [0.717, 1.165) is 27.8 Å². The number of aryl methyl sites for hydroxylation is 1. The third-order valence-corrected chi connectivity index (χ3v) is 5.26. The summed E-state index contributed by atoms with van der Waals surface area (Å²) in [5, 5.41) is 2.20. The SMILES string of the molecule is CCOc1ccc(NC(=O)CN2C(=O)S/C(=C/c3ccc(C)c(OC)c3)C2=O)cc1. The van der Waals surface area contributed by atoms with E-state index in [1.165, 1.54) is 0 Å². The topological polar surface area (TPSA) is 84.9 Å². The number of amides is 3. The molecule has 1 N–H and O–H groups in total. The molecule has 1 saturated heterocycles. The van der Waals surface area contributed by atoms with Gasteiger partial charge in [0.15, 0.2) is 0 Å². The molecule has 0 bridgehead atoms. The summed E-state index contributed by atoms with van der Waals surface area (Å²) in [4.78, 5) is 38.4. The Labute approximate surface area is 179 Å². The van der Waals surface area contributed by atoms with E-state index in [1.54, 1.807) is 43.5 Å². The molecule has 1 fully saturated rings. The van der Waals surface area contributed by atoms with Gasteiger partial charge in [0.1, 0.15) is 18.0 Å². The number of hydrogen-bond acceptors (Lipinski definition) is 6. The Bertz CT molecular complexity index is 1000. The number of anilines is 1. The van der Waals surface area contributed by atoms with Crippen molar-refractivity contribution < 1.29 is 23.9 Å². The zero-order valence-corrected chi connectivity index (χ0v) is 17.7. The minimum Gasteiger partial charge on any atom is -0.496 e. The van der Waals surface area contributed by atoms with Gasteiger partial charge >= 0.3 is 0 Å². The van der Waals surface area contributed by atoms with Crippen molar-refractivity contribution in [1.82, 2.24) is 4.90 Å². The summed E-state index contributed by atoms with van der Waals surface area (Å²) >= 11 is 0.811. The Balaban J connectivity index is 1.66. The molecule has 2 aromatic carbocycles. The molecule has 8 heteroatoms. The van der Waals surface area contributed by atoms with Gasteiger partial charge in [-0.05, 0) is 73.1 Å². The number of thioether (sulfide) groups is 1. The van der Waals surface area contributed by atoms with Gasteiger partial charge in [-0.2, -0.15) is 0 Å². The molecular formula is C22H22N2O5S. The van der Waals surface area contributed by atoms with E-state index in [1.807, 2.05) is 26.0 Å². The predicted molar refractivity (Wildman–Crippen MR) is 117 cm³/mol. The lowest BCUT2D eigenvalue weighted by atomic mass is 10.1. The quantitative estimate of drug-likeness (QED) is 0.672. The van der Waals surface area contributed by atoms with Gasteiger partial charge in [0.05, 0.1) is 18.6 Å². The van der Waals surface area contributed by atoms with Crippen LogP contribution in [0.3, 0.4) is 0 Å². The van der Waals surface area contributed by atoms with Crippen molar-refractivity contribution in [3.63, 3.8) is 0 Å². The highest BCUT2D eigenvalue weighted by Crippen LogP contribution is 2.33. The first-order chi connectivity index (χ1) is 14.4. The van der Waals surface area contributed by atoms with Gasteiger partial charge in [0, 0.05) is 5.69 Å². The molecule has 1 heterocycles. The lowest BCUT2D eigenvalue weighted by Crippen LogP contribution is -2.36. The molecule has 0 unspecified atom stereocenters. The van der Waals surface area contributed by atoms with Crippen LogP contribution < -0.4 is 14.8 Å². The predicted octanol–water partition coefficient (Wildman–Crippen LogP) is 4.08. The van der Waals surface area contributed by atoms with Crippen molar-refractivity contribution in [2.75, 3.05) is 25.6 Å². The molecule has 2 aromatic rings. The van der Waals surface area contributed by atoms with Gasteiger partial charge in [-0.3, -0.25) is 19.3 Å². The lowest BCUT2D eigenvalue weighted by Gasteiger charge is -2.12. The Morgan fingerprint density at radius 1 is 1.17 bits per heavy atom. The smallest absolute Gasteiger partial charge is 0.294 e. The highest BCUT2D eigenvalue weighted by molar-refractivity contribution is 8.18. The monoisotopic (exact) mass is 426 g/mol. The molecule has 0 aliphatic carbocycles. The second-order valence-electron chi connectivity index (χ2n) is 6.50. The summed E-state index contributed by atoms with van der Waals surface area (Å²) in [6.07, 6.45) is 1.62. The van der Waals surface area contributed by atoms with Gasteiger partial charge in [-0.15, -0.1) is 0 Å².